The van der Waals surface area contributed by atoms with Gasteiger partial charge in [0.05, 0.1) is 6.04 Å². The summed E-state index contributed by atoms with van der Waals surface area (Å²) in [6, 6.07) is 0.600. The van der Waals surface area contributed by atoms with Crippen molar-refractivity contribution in [2.45, 2.75) is 111 Å². The molecule has 0 unspecified atom stereocenters. The Morgan fingerprint density at radius 1 is 0.739 bits per heavy atom. The molecule has 0 aromatic carbocycles. The molecule has 3 atom stereocenters. The smallest absolute Gasteiger partial charge is 0.410 e. The van der Waals surface area contributed by atoms with E-state index in [1.54, 1.807) is 33.6 Å². The van der Waals surface area contributed by atoms with Crippen LogP contribution in [0.1, 0.15) is 81.6 Å². The molecule has 0 bridgehead atoms. The minimum Gasteiger partial charge on any atom is -0.444 e. The largest absolute Gasteiger partial charge is 0.444 e. The first-order valence-electron chi connectivity index (χ1n) is 15.5. The molecule has 3 aliphatic heterocycles. The molecule has 0 saturated carbocycles. The third kappa shape index (κ3) is 18.9. The molecule has 0 aromatic rings. The van der Waals surface area contributed by atoms with E-state index in [0.717, 1.165) is 32.4 Å². The summed E-state index contributed by atoms with van der Waals surface area (Å²) in [6.45, 7) is 20.1. The number of nitrogens with zero attached hydrogens (tertiary/aromatic N) is 4. The van der Waals surface area contributed by atoms with E-state index >= 15 is 0 Å². The Hall–Kier alpha value is -2.07. The summed E-state index contributed by atoms with van der Waals surface area (Å²) in [7, 11) is 3.63. The predicted molar refractivity (Wildman–Crippen MR) is 192 cm³/mol. The summed E-state index contributed by atoms with van der Waals surface area (Å²) < 4.78 is 10.5. The first-order chi connectivity index (χ1) is 20.7. The number of ether oxygens (including phenoxy) is 2. The number of hydrogen-bond donors (Lipinski definition) is 2. The van der Waals surface area contributed by atoms with Gasteiger partial charge in [-0.1, -0.05) is 22.6 Å². The van der Waals surface area contributed by atoms with Gasteiger partial charge < -0.3 is 39.7 Å². The lowest BCUT2D eigenvalue weighted by Crippen LogP contribution is -2.40. The molecule has 15 heteroatoms. The Balaban J connectivity index is 0. The van der Waals surface area contributed by atoms with E-state index in [9.17, 15) is 24.0 Å². The molecular weight excluding hydrogens is 731 g/mol. The van der Waals surface area contributed by atoms with Crippen LogP contribution in [0.25, 0.3) is 0 Å². The lowest BCUT2D eigenvalue weighted by Gasteiger charge is -2.26. The maximum Gasteiger partial charge on any atom is 0.410 e. The first kappa shape index (κ1) is 46.1. The Kier molecular flexibility index (Phi) is 21.8. The number of halogens is 2. The van der Waals surface area contributed by atoms with Crippen LogP contribution in [-0.4, -0.2) is 137 Å². The summed E-state index contributed by atoms with van der Waals surface area (Å²) in [6.07, 6.45) is 2.10. The molecule has 270 valence electrons. The Morgan fingerprint density at radius 3 is 1.57 bits per heavy atom. The molecule has 3 rings (SSSR count). The number of likely N-dealkylation sites (N-methyl/N-ethyl adjacent to an activating group) is 2. The number of hydrogen-bond acceptors (Lipinski definition) is 8. The van der Waals surface area contributed by atoms with Gasteiger partial charge in [-0.25, -0.2) is 9.59 Å². The molecule has 0 spiro atoms. The van der Waals surface area contributed by atoms with Crippen molar-refractivity contribution in [2.75, 3.05) is 58.3 Å². The van der Waals surface area contributed by atoms with Crippen molar-refractivity contribution in [1.82, 2.24) is 30.2 Å². The molecule has 3 heterocycles. The zero-order chi connectivity index (χ0) is 35.1. The standard InChI is InChI=1S/C12H22N2O3.C11H20N2O3.C7H14N2O.CH3I.ClH/c1-9(15)13(5)10-6-7-14(8-10)11(16)17-12(2,3)4;1-8(14)12-9-5-6-13(7-9)10(15)16-11(2,3)4;1-6(10)9(2)7-3-4-8-5-7;1-2;/h10H,6-8H2,1-5H3;9H,5-7H2,1-4H3,(H,12,14);7-8H,3-5H2,1-2H3;1H3;1H/t10-;9-;7-;;/m000../s1. The number of likely N-dealkylation sites (tertiary alicyclic amines) is 2. The van der Waals surface area contributed by atoms with E-state index < -0.39 is 11.2 Å². The van der Waals surface area contributed by atoms with Gasteiger partial charge in [-0.15, -0.1) is 12.4 Å². The third-order valence-corrected chi connectivity index (χ3v) is 7.19. The maximum absolute atomic E-state index is 11.8. The normalized spacial score (nSPS) is 20.2. The predicted octanol–water partition coefficient (Wildman–Crippen LogP) is 3.91. The molecule has 5 amide bonds. The Labute approximate surface area is 296 Å². The van der Waals surface area contributed by atoms with Gasteiger partial charge >= 0.3 is 12.2 Å². The maximum atomic E-state index is 11.8. The minimum absolute atomic E-state index is 0. The van der Waals surface area contributed by atoms with Crippen LogP contribution in [-0.2, 0) is 23.9 Å². The zero-order valence-corrected chi connectivity index (χ0v) is 33.0. The van der Waals surface area contributed by atoms with Gasteiger partial charge in [-0.3, -0.25) is 14.4 Å². The molecule has 46 heavy (non-hydrogen) atoms. The number of alkyl halides is 1. The lowest BCUT2D eigenvalue weighted by molar-refractivity contribution is -0.130. The van der Waals surface area contributed by atoms with Crippen molar-refractivity contribution in [3.05, 3.63) is 0 Å². The van der Waals surface area contributed by atoms with Crippen molar-refractivity contribution < 1.29 is 33.4 Å². The van der Waals surface area contributed by atoms with E-state index in [1.807, 2.05) is 53.5 Å². The van der Waals surface area contributed by atoms with Gasteiger partial charge in [0.1, 0.15) is 11.2 Å². The van der Waals surface area contributed by atoms with Crippen LogP contribution in [0, 0.1) is 0 Å². The van der Waals surface area contributed by atoms with Gasteiger partial charge in [0.2, 0.25) is 17.7 Å². The van der Waals surface area contributed by atoms with Crippen molar-refractivity contribution in [3.8, 4) is 0 Å². The average Bonchev–Trinajstić information content (AvgIpc) is 3.70. The SMILES string of the molecule is CC(=O)N(C)[C@H]1CCN(C(=O)OC(C)(C)C)C1.CC(=O)N(C)[C@H]1CCNC1.CC(=O)N[C@H]1CCN(C(=O)OC(C)(C)C)C1.CI.Cl. The van der Waals surface area contributed by atoms with Gasteiger partial charge in [0.15, 0.2) is 0 Å². The molecule has 3 fully saturated rings. The molecule has 3 saturated heterocycles. The number of nitrogens with one attached hydrogen (secondary N) is 2. The molecule has 0 aromatic heterocycles. The summed E-state index contributed by atoms with van der Waals surface area (Å²) in [5.41, 5.74) is -0.940. The van der Waals surface area contributed by atoms with Crippen molar-refractivity contribution >= 4 is 64.9 Å². The second kappa shape index (κ2) is 21.7. The summed E-state index contributed by atoms with van der Waals surface area (Å²) in [4.78, 5) is 65.2. The van der Waals surface area contributed by atoms with E-state index in [-0.39, 0.29) is 54.4 Å². The molecular formula is C31H60ClIN6O7. The van der Waals surface area contributed by atoms with Gasteiger partial charge in [-0.2, -0.15) is 0 Å². The highest BCUT2D eigenvalue weighted by molar-refractivity contribution is 14.1. The third-order valence-electron chi connectivity index (χ3n) is 7.19. The summed E-state index contributed by atoms with van der Waals surface area (Å²) >= 11 is 2.15. The monoisotopic (exact) mass is 790 g/mol. The zero-order valence-electron chi connectivity index (χ0n) is 30.0. The minimum atomic E-state index is -0.471. The fraction of sp³-hybridized carbons (Fsp3) is 0.839. The van der Waals surface area contributed by atoms with Gasteiger partial charge in [0, 0.05) is 79.7 Å². The molecule has 13 nitrogen and oxygen atoms in total. The van der Waals surface area contributed by atoms with Crippen LogP contribution in [0.4, 0.5) is 9.59 Å². The van der Waals surface area contributed by atoms with E-state index in [0.29, 0.717) is 32.2 Å². The van der Waals surface area contributed by atoms with Crippen molar-refractivity contribution in [1.29, 1.82) is 0 Å². The highest BCUT2D eigenvalue weighted by Gasteiger charge is 2.32. The van der Waals surface area contributed by atoms with Gasteiger partial charge in [-0.05, 0) is 72.3 Å². The number of rotatable bonds is 3. The second-order valence-electron chi connectivity index (χ2n) is 13.4. The Bertz CT molecular complexity index is 970. The highest BCUT2D eigenvalue weighted by atomic mass is 127. The fourth-order valence-electron chi connectivity index (χ4n) is 4.69. The van der Waals surface area contributed by atoms with Crippen molar-refractivity contribution in [3.63, 3.8) is 0 Å². The highest BCUT2D eigenvalue weighted by Crippen LogP contribution is 2.18. The van der Waals surface area contributed by atoms with Crippen LogP contribution in [0.5, 0.6) is 0 Å². The van der Waals surface area contributed by atoms with Crippen LogP contribution in [0.2, 0.25) is 0 Å². The van der Waals surface area contributed by atoms with E-state index in [1.165, 1.54) is 13.8 Å². The molecule has 3 aliphatic rings. The summed E-state index contributed by atoms with van der Waals surface area (Å²) in [5.74, 6) is 0.130. The quantitative estimate of drug-likeness (QED) is 0.324. The average molecular weight is 791 g/mol. The summed E-state index contributed by atoms with van der Waals surface area (Å²) in [5, 5.41) is 6.02. The molecule has 2 N–H and O–H groups in total. The van der Waals surface area contributed by atoms with E-state index in [2.05, 4.69) is 33.2 Å². The van der Waals surface area contributed by atoms with Gasteiger partial charge in [0.25, 0.3) is 0 Å². The number of amides is 5. The van der Waals surface area contributed by atoms with Crippen LogP contribution < -0.4 is 10.6 Å². The Morgan fingerprint density at radius 2 is 1.17 bits per heavy atom. The van der Waals surface area contributed by atoms with Crippen LogP contribution >= 0.6 is 35.0 Å². The lowest BCUT2D eigenvalue weighted by atomic mass is 10.2. The van der Waals surface area contributed by atoms with Crippen molar-refractivity contribution in [2.24, 2.45) is 0 Å². The second-order valence-corrected chi connectivity index (χ2v) is 13.4. The number of carbonyl (C=O) groups excluding carboxylic acids is 5. The number of carbonyl (C=O) groups is 5. The fourth-order valence-corrected chi connectivity index (χ4v) is 4.69. The van der Waals surface area contributed by atoms with Crippen LogP contribution in [0.15, 0.2) is 0 Å². The molecule has 0 aliphatic carbocycles. The van der Waals surface area contributed by atoms with E-state index in [4.69, 9.17) is 9.47 Å². The first-order valence-corrected chi connectivity index (χ1v) is 17.6. The van der Waals surface area contributed by atoms with Crippen LogP contribution in [0.3, 0.4) is 0 Å². The molecule has 0 radical (unpaired) electrons. The topological polar surface area (TPSA) is 141 Å².